The number of methoxy groups -OCH3 is 2. The number of hydrogen-bond donors (Lipinski definition) is 0. The Hall–Kier alpha value is -3.40. The van der Waals surface area contributed by atoms with E-state index >= 15 is 0 Å². The number of fused-ring (bicyclic) bond motifs is 1. The molecular weight excluding hydrogens is 328 g/mol. The summed E-state index contributed by atoms with van der Waals surface area (Å²) in [5, 5.41) is 0. The van der Waals surface area contributed by atoms with Gasteiger partial charge in [-0.25, -0.2) is 4.79 Å². The minimum absolute atomic E-state index is 0.123. The highest BCUT2D eigenvalue weighted by atomic mass is 16.5. The predicted molar refractivity (Wildman–Crippen MR) is 101 cm³/mol. The fourth-order valence-corrected chi connectivity index (χ4v) is 2.78. The lowest BCUT2D eigenvalue weighted by Crippen LogP contribution is -1.99. The lowest BCUT2D eigenvalue weighted by atomic mass is 10.1. The summed E-state index contributed by atoms with van der Waals surface area (Å²) in [6.07, 6.45) is 3.23. The molecule has 0 saturated carbocycles. The summed E-state index contributed by atoms with van der Waals surface area (Å²) in [5.41, 5.74) is 3.51. The van der Waals surface area contributed by atoms with Gasteiger partial charge < -0.3 is 9.47 Å². The Kier molecular flexibility index (Phi) is 5.13. The van der Waals surface area contributed by atoms with Crippen LogP contribution >= 0.6 is 0 Å². The maximum atomic E-state index is 12.4. The Bertz CT molecular complexity index is 939. The summed E-state index contributed by atoms with van der Waals surface area (Å²) in [4.78, 5) is 24.4. The molecule has 1 aromatic rings. The first-order valence-corrected chi connectivity index (χ1v) is 8.10. The van der Waals surface area contributed by atoms with E-state index in [1.807, 2.05) is 30.3 Å². The minimum atomic E-state index is -0.401. The van der Waals surface area contributed by atoms with Crippen LogP contribution in [0.3, 0.4) is 0 Å². The molecule has 2 aliphatic rings. The van der Waals surface area contributed by atoms with Crippen molar-refractivity contribution in [2.24, 2.45) is 0 Å². The standard InChI is InChI=1S/C22H18O4/c1-25-17-11-8-15(9-12-17)21(23)13-10-16-14-20(22(24)26-2)19-7-5-3-4-6-18(16)19/h3-14H,1-2H3/b13-10+. The number of carbonyl (C=O) groups excluding carboxylic acids is 2. The molecule has 0 spiro atoms. The molecule has 0 aliphatic heterocycles. The molecule has 1 aromatic carbocycles. The summed E-state index contributed by atoms with van der Waals surface area (Å²) in [5.74, 6) is 0.173. The molecule has 3 rings (SSSR count). The van der Waals surface area contributed by atoms with E-state index in [1.165, 1.54) is 13.2 Å². The van der Waals surface area contributed by atoms with E-state index in [1.54, 1.807) is 43.5 Å². The molecular formula is C22H18O4. The molecule has 0 radical (unpaired) electrons. The quantitative estimate of drug-likeness (QED) is 0.388. The molecule has 0 N–H and O–H groups in total. The van der Waals surface area contributed by atoms with E-state index in [9.17, 15) is 9.59 Å². The van der Waals surface area contributed by atoms with Crippen LogP contribution in [0.5, 0.6) is 5.75 Å². The van der Waals surface area contributed by atoms with Gasteiger partial charge >= 0.3 is 5.97 Å². The van der Waals surface area contributed by atoms with Gasteiger partial charge in [0.1, 0.15) is 5.75 Å². The molecule has 26 heavy (non-hydrogen) atoms. The van der Waals surface area contributed by atoms with Gasteiger partial charge in [0, 0.05) is 5.56 Å². The number of ether oxygens (including phenoxy) is 2. The van der Waals surface area contributed by atoms with Crippen LogP contribution in [0, 0.1) is 0 Å². The molecule has 4 heteroatoms. The molecule has 0 unspecified atom stereocenters. The number of rotatable bonds is 5. The summed E-state index contributed by atoms with van der Waals surface area (Å²) in [7, 11) is 2.93. The van der Waals surface area contributed by atoms with Gasteiger partial charge in [-0.05, 0) is 53.1 Å². The second-order valence-corrected chi connectivity index (χ2v) is 5.67. The molecule has 0 bridgehead atoms. The zero-order valence-electron chi connectivity index (χ0n) is 14.6. The van der Waals surface area contributed by atoms with E-state index in [-0.39, 0.29) is 5.78 Å². The van der Waals surface area contributed by atoms with E-state index in [0.29, 0.717) is 16.9 Å². The summed E-state index contributed by atoms with van der Waals surface area (Å²) in [6, 6.07) is 18.1. The molecule has 0 amide bonds. The summed E-state index contributed by atoms with van der Waals surface area (Å²) in [6.45, 7) is 0. The summed E-state index contributed by atoms with van der Waals surface area (Å²) >= 11 is 0. The first-order valence-electron chi connectivity index (χ1n) is 8.10. The van der Waals surface area contributed by atoms with Crippen molar-refractivity contribution < 1.29 is 19.1 Å². The third-order valence-corrected chi connectivity index (χ3v) is 4.13. The lowest BCUT2D eigenvalue weighted by molar-refractivity contribution is 0.0602. The van der Waals surface area contributed by atoms with Gasteiger partial charge in [0.05, 0.1) is 19.8 Å². The highest BCUT2D eigenvalue weighted by Gasteiger charge is 2.19. The van der Waals surface area contributed by atoms with Crippen molar-refractivity contribution in [2.45, 2.75) is 0 Å². The second-order valence-electron chi connectivity index (χ2n) is 5.67. The topological polar surface area (TPSA) is 52.6 Å². The Morgan fingerprint density at radius 1 is 0.885 bits per heavy atom. The predicted octanol–water partition coefficient (Wildman–Crippen LogP) is 4.48. The second kappa shape index (κ2) is 7.66. The first-order chi connectivity index (χ1) is 12.6. The number of esters is 1. The SMILES string of the molecule is COC(=O)c1cc(/C=C/C(=O)c2ccc(OC)cc2)c2cccccc1-2. The van der Waals surface area contributed by atoms with E-state index in [4.69, 9.17) is 9.47 Å². The van der Waals surface area contributed by atoms with Crippen molar-refractivity contribution in [3.63, 3.8) is 0 Å². The Balaban J connectivity index is 1.94. The molecule has 0 saturated heterocycles. The highest BCUT2D eigenvalue weighted by Crippen LogP contribution is 2.33. The Labute approximate surface area is 152 Å². The van der Waals surface area contributed by atoms with Crippen molar-refractivity contribution >= 4 is 17.8 Å². The Morgan fingerprint density at radius 3 is 2.23 bits per heavy atom. The molecule has 0 heterocycles. The average molecular weight is 346 g/mol. The van der Waals surface area contributed by atoms with Crippen LogP contribution < -0.4 is 4.74 Å². The summed E-state index contributed by atoms with van der Waals surface area (Å²) < 4.78 is 9.96. The van der Waals surface area contributed by atoms with Gasteiger partial charge in [-0.3, -0.25) is 4.79 Å². The molecule has 2 aliphatic carbocycles. The van der Waals surface area contributed by atoms with Crippen LogP contribution in [0.4, 0.5) is 0 Å². The minimum Gasteiger partial charge on any atom is -0.497 e. The van der Waals surface area contributed by atoms with Crippen molar-refractivity contribution in [1.82, 2.24) is 0 Å². The van der Waals surface area contributed by atoms with Crippen molar-refractivity contribution in [3.05, 3.63) is 83.4 Å². The lowest BCUT2D eigenvalue weighted by Gasteiger charge is -2.00. The van der Waals surface area contributed by atoms with Gasteiger partial charge in [0.25, 0.3) is 0 Å². The highest BCUT2D eigenvalue weighted by molar-refractivity contribution is 6.08. The van der Waals surface area contributed by atoms with Gasteiger partial charge in [-0.15, -0.1) is 0 Å². The number of carbonyl (C=O) groups is 2. The Morgan fingerprint density at radius 2 is 1.58 bits per heavy atom. The van der Waals surface area contributed by atoms with Crippen LogP contribution in [-0.4, -0.2) is 26.0 Å². The van der Waals surface area contributed by atoms with Gasteiger partial charge in [0.15, 0.2) is 5.78 Å². The van der Waals surface area contributed by atoms with Crippen LogP contribution in [0.15, 0.2) is 66.7 Å². The average Bonchev–Trinajstić information content (AvgIpc) is 2.85. The smallest absolute Gasteiger partial charge is 0.338 e. The fraction of sp³-hybridized carbons (Fsp3) is 0.0909. The molecule has 0 aromatic heterocycles. The third kappa shape index (κ3) is 3.49. The van der Waals surface area contributed by atoms with E-state index < -0.39 is 5.97 Å². The van der Waals surface area contributed by atoms with Crippen LogP contribution in [0.1, 0.15) is 26.3 Å². The van der Waals surface area contributed by atoms with Crippen molar-refractivity contribution in [3.8, 4) is 16.9 Å². The zero-order chi connectivity index (χ0) is 18.5. The van der Waals surface area contributed by atoms with Gasteiger partial charge in [0.2, 0.25) is 0 Å². The van der Waals surface area contributed by atoms with Gasteiger partial charge in [-0.1, -0.05) is 36.4 Å². The number of hydrogen-bond acceptors (Lipinski definition) is 4. The maximum Gasteiger partial charge on any atom is 0.338 e. The van der Waals surface area contributed by atoms with Crippen molar-refractivity contribution in [1.29, 1.82) is 0 Å². The van der Waals surface area contributed by atoms with E-state index in [0.717, 1.165) is 16.7 Å². The molecule has 0 atom stereocenters. The van der Waals surface area contributed by atoms with E-state index in [2.05, 4.69) is 0 Å². The third-order valence-electron chi connectivity index (χ3n) is 4.13. The van der Waals surface area contributed by atoms with Crippen LogP contribution in [0.25, 0.3) is 17.2 Å². The fourth-order valence-electron chi connectivity index (χ4n) is 2.78. The largest absolute Gasteiger partial charge is 0.497 e. The monoisotopic (exact) mass is 346 g/mol. The normalized spacial score (nSPS) is 10.8. The number of allylic oxidation sites excluding steroid dienone is 1. The van der Waals surface area contributed by atoms with Gasteiger partial charge in [-0.2, -0.15) is 0 Å². The number of benzene rings is 1. The van der Waals surface area contributed by atoms with Crippen molar-refractivity contribution in [2.75, 3.05) is 14.2 Å². The first kappa shape index (κ1) is 17.4. The molecule has 130 valence electrons. The van der Waals surface area contributed by atoms with Crippen LogP contribution in [0.2, 0.25) is 0 Å². The molecule has 0 fully saturated rings. The van der Waals surface area contributed by atoms with Crippen LogP contribution in [-0.2, 0) is 4.74 Å². The number of ketones is 1. The zero-order valence-corrected chi connectivity index (χ0v) is 14.6. The molecule has 4 nitrogen and oxygen atoms in total. The maximum absolute atomic E-state index is 12.4.